The minimum atomic E-state index is -0.154. The lowest BCUT2D eigenvalue weighted by molar-refractivity contribution is -0.117. The predicted octanol–water partition coefficient (Wildman–Crippen LogP) is 5.47. The number of hydrogen-bond donors (Lipinski definition) is 0. The van der Waals surface area contributed by atoms with E-state index in [1.54, 1.807) is 6.92 Å². The second kappa shape index (κ2) is 10.6. The van der Waals surface area contributed by atoms with Gasteiger partial charge in [0.2, 0.25) is 0 Å². The zero-order valence-electron chi connectivity index (χ0n) is 12.7. The van der Waals surface area contributed by atoms with Gasteiger partial charge in [-0.2, -0.15) is 0 Å². The molecule has 0 amide bonds. The van der Waals surface area contributed by atoms with Crippen LogP contribution >= 0.6 is 0 Å². The second-order valence-corrected chi connectivity index (χ2v) is 5.66. The average Bonchev–Trinajstić information content (AvgIpc) is 2.42. The van der Waals surface area contributed by atoms with Crippen LogP contribution in [0.15, 0.2) is 24.3 Å². The van der Waals surface area contributed by atoms with Gasteiger partial charge in [-0.25, -0.2) is 4.39 Å². The maximum atomic E-state index is 12.7. The summed E-state index contributed by atoms with van der Waals surface area (Å²) >= 11 is 0. The molecule has 1 nitrogen and oxygen atoms in total. The van der Waals surface area contributed by atoms with Crippen molar-refractivity contribution in [1.29, 1.82) is 0 Å². The molecule has 0 N–H and O–H groups in total. The van der Waals surface area contributed by atoms with Crippen LogP contribution < -0.4 is 0 Å². The zero-order chi connectivity index (χ0) is 14.6. The first-order valence-corrected chi connectivity index (χ1v) is 7.92. The number of hydrogen-bond acceptors (Lipinski definition) is 1. The fourth-order valence-electron chi connectivity index (χ4n) is 2.41. The zero-order valence-corrected chi connectivity index (χ0v) is 12.7. The Bertz CT molecular complexity index is 370. The number of Topliss-reactive ketones (excluding diaryl/α,β-unsaturated/α-hetero) is 1. The SMILES string of the molecule is CC(=O)CCCCCCCCCCc1ccc(F)cc1. The number of rotatable bonds is 11. The van der Waals surface area contributed by atoms with Crippen molar-refractivity contribution in [2.45, 2.75) is 71.1 Å². The van der Waals surface area contributed by atoms with Gasteiger partial charge in [0, 0.05) is 6.42 Å². The first-order valence-electron chi connectivity index (χ1n) is 7.92. The van der Waals surface area contributed by atoms with E-state index in [1.165, 1.54) is 62.6 Å². The van der Waals surface area contributed by atoms with Crippen LogP contribution in [0.4, 0.5) is 4.39 Å². The fourth-order valence-corrected chi connectivity index (χ4v) is 2.41. The Morgan fingerprint density at radius 3 is 1.90 bits per heavy atom. The van der Waals surface area contributed by atoms with E-state index in [1.807, 2.05) is 12.1 Å². The van der Waals surface area contributed by atoms with E-state index in [0.717, 1.165) is 19.3 Å². The summed E-state index contributed by atoms with van der Waals surface area (Å²) in [5, 5.41) is 0. The van der Waals surface area contributed by atoms with E-state index >= 15 is 0 Å². The first kappa shape index (κ1) is 16.9. The summed E-state index contributed by atoms with van der Waals surface area (Å²) in [7, 11) is 0. The summed E-state index contributed by atoms with van der Waals surface area (Å²) in [6.07, 6.45) is 11.6. The monoisotopic (exact) mass is 278 g/mol. The third kappa shape index (κ3) is 8.84. The van der Waals surface area contributed by atoms with Crippen LogP contribution in [-0.2, 0) is 11.2 Å². The summed E-state index contributed by atoms with van der Waals surface area (Å²) in [5.41, 5.74) is 1.23. The number of ketones is 1. The van der Waals surface area contributed by atoms with E-state index in [4.69, 9.17) is 0 Å². The largest absolute Gasteiger partial charge is 0.300 e. The van der Waals surface area contributed by atoms with Crippen LogP contribution in [0, 0.1) is 5.82 Å². The molecule has 2 heteroatoms. The minimum Gasteiger partial charge on any atom is -0.300 e. The van der Waals surface area contributed by atoms with E-state index in [9.17, 15) is 9.18 Å². The van der Waals surface area contributed by atoms with Gasteiger partial charge < -0.3 is 4.79 Å². The standard InChI is InChI=1S/C18H27FO/c1-16(20)10-8-6-4-2-3-5-7-9-11-17-12-14-18(19)15-13-17/h12-15H,2-11H2,1H3. The normalized spacial score (nSPS) is 10.7. The summed E-state index contributed by atoms with van der Waals surface area (Å²) in [5.74, 6) is 0.157. The van der Waals surface area contributed by atoms with Crippen molar-refractivity contribution in [2.24, 2.45) is 0 Å². The highest BCUT2D eigenvalue weighted by atomic mass is 19.1. The predicted molar refractivity (Wildman–Crippen MR) is 82.3 cm³/mol. The van der Waals surface area contributed by atoms with Gasteiger partial charge >= 0.3 is 0 Å². The van der Waals surface area contributed by atoms with Gasteiger partial charge in [-0.15, -0.1) is 0 Å². The Morgan fingerprint density at radius 1 is 0.850 bits per heavy atom. The quantitative estimate of drug-likeness (QED) is 0.491. The molecule has 0 fully saturated rings. The molecule has 0 aromatic heterocycles. The first-order chi connectivity index (χ1) is 9.68. The van der Waals surface area contributed by atoms with Crippen molar-refractivity contribution in [3.63, 3.8) is 0 Å². The van der Waals surface area contributed by atoms with Crippen molar-refractivity contribution >= 4 is 5.78 Å². The summed E-state index contributed by atoms with van der Waals surface area (Å²) in [6.45, 7) is 1.67. The number of carbonyl (C=O) groups is 1. The Morgan fingerprint density at radius 2 is 1.35 bits per heavy atom. The lowest BCUT2D eigenvalue weighted by atomic mass is 10.0. The molecule has 0 spiro atoms. The lowest BCUT2D eigenvalue weighted by Gasteiger charge is -2.03. The van der Waals surface area contributed by atoms with Gasteiger partial charge in [0.25, 0.3) is 0 Å². The van der Waals surface area contributed by atoms with E-state index in [2.05, 4.69) is 0 Å². The molecule has 1 aromatic rings. The molecule has 112 valence electrons. The van der Waals surface area contributed by atoms with E-state index in [-0.39, 0.29) is 5.82 Å². The number of aryl methyl sites for hydroxylation is 1. The maximum absolute atomic E-state index is 12.7. The van der Waals surface area contributed by atoms with E-state index in [0.29, 0.717) is 5.78 Å². The van der Waals surface area contributed by atoms with Crippen LogP contribution in [-0.4, -0.2) is 5.78 Å². The van der Waals surface area contributed by atoms with Crippen LogP contribution in [0.1, 0.15) is 70.3 Å². The molecule has 0 saturated heterocycles. The van der Waals surface area contributed by atoms with Crippen LogP contribution in [0.5, 0.6) is 0 Å². The highest BCUT2D eigenvalue weighted by Crippen LogP contribution is 2.12. The van der Waals surface area contributed by atoms with Crippen LogP contribution in [0.25, 0.3) is 0 Å². The van der Waals surface area contributed by atoms with Crippen molar-refractivity contribution in [2.75, 3.05) is 0 Å². The third-order valence-electron chi connectivity index (χ3n) is 3.66. The molecule has 0 aliphatic carbocycles. The smallest absolute Gasteiger partial charge is 0.129 e. The molecule has 20 heavy (non-hydrogen) atoms. The topological polar surface area (TPSA) is 17.1 Å². The van der Waals surface area contributed by atoms with Gasteiger partial charge in [0.05, 0.1) is 0 Å². The molecule has 0 unspecified atom stereocenters. The van der Waals surface area contributed by atoms with Gasteiger partial charge in [-0.3, -0.25) is 0 Å². The number of carbonyl (C=O) groups excluding carboxylic acids is 1. The molecule has 0 aliphatic rings. The molecule has 1 rings (SSSR count). The molecule has 0 aliphatic heterocycles. The molecule has 0 radical (unpaired) electrons. The van der Waals surface area contributed by atoms with Gasteiger partial charge in [0.1, 0.15) is 11.6 Å². The number of halogens is 1. The van der Waals surface area contributed by atoms with Crippen LogP contribution in [0.2, 0.25) is 0 Å². The van der Waals surface area contributed by atoms with Crippen molar-refractivity contribution in [1.82, 2.24) is 0 Å². The minimum absolute atomic E-state index is 0.154. The summed E-state index contributed by atoms with van der Waals surface area (Å²) in [6, 6.07) is 6.83. The van der Waals surface area contributed by atoms with Gasteiger partial charge in [-0.1, -0.05) is 50.7 Å². The van der Waals surface area contributed by atoms with Gasteiger partial charge in [0.15, 0.2) is 0 Å². The second-order valence-electron chi connectivity index (χ2n) is 5.66. The third-order valence-corrected chi connectivity index (χ3v) is 3.66. The molecular formula is C18H27FO. The Kier molecular flexibility index (Phi) is 8.93. The average molecular weight is 278 g/mol. The number of unbranched alkanes of at least 4 members (excludes halogenated alkanes) is 7. The van der Waals surface area contributed by atoms with Crippen LogP contribution in [0.3, 0.4) is 0 Å². The molecule has 0 atom stereocenters. The van der Waals surface area contributed by atoms with Crippen molar-refractivity contribution < 1.29 is 9.18 Å². The molecule has 0 heterocycles. The molecular weight excluding hydrogens is 251 g/mol. The molecule has 0 bridgehead atoms. The highest BCUT2D eigenvalue weighted by molar-refractivity contribution is 5.75. The Labute approximate surface area is 122 Å². The lowest BCUT2D eigenvalue weighted by Crippen LogP contribution is -1.89. The maximum Gasteiger partial charge on any atom is 0.129 e. The van der Waals surface area contributed by atoms with Gasteiger partial charge in [-0.05, 0) is 43.9 Å². The Balaban J connectivity index is 1.87. The van der Waals surface area contributed by atoms with Crippen molar-refractivity contribution in [3.05, 3.63) is 35.6 Å². The van der Waals surface area contributed by atoms with Crippen molar-refractivity contribution in [3.8, 4) is 0 Å². The highest BCUT2D eigenvalue weighted by Gasteiger charge is 1.96. The van der Waals surface area contributed by atoms with E-state index < -0.39 is 0 Å². The molecule has 1 aromatic carbocycles. The molecule has 0 saturated carbocycles. The summed E-state index contributed by atoms with van der Waals surface area (Å²) in [4.78, 5) is 10.8. The Hall–Kier alpha value is -1.18. The summed E-state index contributed by atoms with van der Waals surface area (Å²) < 4.78 is 12.7. The number of benzene rings is 1. The fraction of sp³-hybridized carbons (Fsp3) is 0.611.